The van der Waals surface area contributed by atoms with Gasteiger partial charge in [0.1, 0.15) is 18.5 Å². The Kier molecular flexibility index (Phi) is 7.07. The number of piperazine rings is 1. The number of aliphatic hydroxyl groups is 1. The summed E-state index contributed by atoms with van der Waals surface area (Å²) in [6, 6.07) is 13.2. The Morgan fingerprint density at radius 2 is 1.85 bits per heavy atom. The number of halogens is 1. The smallest absolute Gasteiger partial charge is 0.257 e. The highest BCUT2D eigenvalue weighted by molar-refractivity contribution is 7.18. The Morgan fingerprint density at radius 1 is 1.09 bits per heavy atom. The van der Waals surface area contributed by atoms with Crippen LogP contribution in [0.15, 0.2) is 47.0 Å². The number of ether oxygens (including phenoxy) is 1. The average Bonchev–Trinajstić information content (AvgIpc) is 3.44. The van der Waals surface area contributed by atoms with Crippen LogP contribution in [0.2, 0.25) is 5.02 Å². The lowest BCUT2D eigenvalue weighted by atomic mass is 10.2. The maximum absolute atomic E-state index is 10.5. The second kappa shape index (κ2) is 10.4. The van der Waals surface area contributed by atoms with E-state index in [4.69, 9.17) is 20.9 Å². The minimum atomic E-state index is -0.557. The summed E-state index contributed by atoms with van der Waals surface area (Å²) in [6.07, 6.45) is -0.557. The molecule has 1 fully saturated rings. The first-order chi connectivity index (χ1) is 16.5. The number of β-amino-alcohol motifs (C(OH)–C–C–N with tert-alkyl or cyclic N) is 1. The summed E-state index contributed by atoms with van der Waals surface area (Å²) in [7, 11) is 0. The van der Waals surface area contributed by atoms with Gasteiger partial charge in [0, 0.05) is 49.4 Å². The number of fused-ring (bicyclic) bond motifs is 1. The molecule has 0 saturated carbocycles. The van der Waals surface area contributed by atoms with E-state index in [9.17, 15) is 5.11 Å². The van der Waals surface area contributed by atoms with E-state index in [0.717, 1.165) is 52.7 Å². The van der Waals surface area contributed by atoms with Crippen molar-refractivity contribution in [2.45, 2.75) is 19.6 Å². The molecule has 3 heterocycles. The molecule has 0 spiro atoms. The van der Waals surface area contributed by atoms with Crippen LogP contribution in [-0.4, -0.2) is 75.5 Å². The molecule has 1 aliphatic rings. The summed E-state index contributed by atoms with van der Waals surface area (Å²) in [5.74, 6) is 1.90. The van der Waals surface area contributed by atoms with Gasteiger partial charge in [0.2, 0.25) is 0 Å². The third-order valence-corrected chi connectivity index (χ3v) is 6.97. The van der Waals surface area contributed by atoms with Crippen LogP contribution in [0.3, 0.4) is 0 Å². The molecule has 4 aromatic rings. The second-order valence-corrected chi connectivity index (χ2v) is 10.1. The van der Waals surface area contributed by atoms with Crippen molar-refractivity contribution in [2.24, 2.45) is 0 Å². The predicted octanol–water partition coefficient (Wildman–Crippen LogP) is 3.87. The minimum absolute atomic E-state index is 0.255. The van der Waals surface area contributed by atoms with Gasteiger partial charge in [-0.25, -0.2) is 4.98 Å². The molecule has 34 heavy (non-hydrogen) atoms. The summed E-state index contributed by atoms with van der Waals surface area (Å²) < 4.78 is 12.4. The highest BCUT2D eigenvalue weighted by atomic mass is 35.5. The van der Waals surface area contributed by atoms with Crippen LogP contribution in [0.1, 0.15) is 10.8 Å². The Labute approximate surface area is 206 Å². The highest BCUT2D eigenvalue weighted by Crippen LogP contribution is 2.25. The molecule has 10 heteroatoms. The van der Waals surface area contributed by atoms with Crippen molar-refractivity contribution in [2.75, 3.05) is 39.3 Å². The third-order valence-electron chi connectivity index (χ3n) is 5.77. The third kappa shape index (κ3) is 5.73. The van der Waals surface area contributed by atoms with Crippen molar-refractivity contribution in [3.05, 3.63) is 58.3 Å². The molecule has 5 rings (SSSR count). The van der Waals surface area contributed by atoms with Crippen LogP contribution >= 0.6 is 22.9 Å². The van der Waals surface area contributed by atoms with E-state index in [1.54, 1.807) is 23.5 Å². The second-order valence-electron chi connectivity index (χ2n) is 8.43. The fourth-order valence-corrected chi connectivity index (χ4v) is 4.95. The Balaban J connectivity index is 1.05. The maximum Gasteiger partial charge on any atom is 0.257 e. The SMILES string of the molecule is Cc1nc2cc(OC[C@H](O)CN3CCN(Cc4noc(-c5ccc(Cl)cc5)n4)CC3)ccc2s1. The first kappa shape index (κ1) is 23.2. The van der Waals surface area contributed by atoms with Crippen molar-refractivity contribution in [1.82, 2.24) is 24.9 Å². The van der Waals surface area contributed by atoms with Gasteiger partial charge >= 0.3 is 0 Å². The number of hydrogen-bond donors (Lipinski definition) is 1. The number of thiazole rings is 1. The summed E-state index contributed by atoms with van der Waals surface area (Å²) in [5, 5.41) is 16.3. The summed E-state index contributed by atoms with van der Waals surface area (Å²) in [4.78, 5) is 13.6. The fraction of sp³-hybridized carbons (Fsp3) is 0.375. The molecular formula is C24H26ClN5O3S. The standard InChI is InChI=1S/C24H26ClN5O3S/c1-16-26-21-12-20(6-7-22(21)34-16)32-15-19(31)13-29-8-10-30(11-9-29)14-23-27-24(33-28-23)17-2-4-18(25)5-3-17/h2-7,12,19,31H,8-11,13-15H2,1H3/t19-/m1/s1. The predicted molar refractivity (Wildman–Crippen MR) is 132 cm³/mol. The molecule has 0 amide bonds. The van der Waals surface area contributed by atoms with E-state index < -0.39 is 6.10 Å². The molecule has 1 saturated heterocycles. The van der Waals surface area contributed by atoms with Crippen LogP contribution in [-0.2, 0) is 6.54 Å². The van der Waals surface area contributed by atoms with Crippen molar-refractivity contribution in [1.29, 1.82) is 0 Å². The first-order valence-electron chi connectivity index (χ1n) is 11.2. The zero-order valence-electron chi connectivity index (χ0n) is 18.9. The number of aryl methyl sites for hydroxylation is 1. The molecule has 0 aliphatic carbocycles. The molecule has 0 unspecified atom stereocenters. The van der Waals surface area contributed by atoms with E-state index in [1.807, 2.05) is 37.3 Å². The van der Waals surface area contributed by atoms with E-state index >= 15 is 0 Å². The molecule has 1 N–H and O–H groups in total. The normalized spacial score (nSPS) is 16.2. The molecule has 2 aromatic carbocycles. The van der Waals surface area contributed by atoms with Gasteiger partial charge in [0.15, 0.2) is 5.82 Å². The van der Waals surface area contributed by atoms with Gasteiger partial charge in [0.05, 0.1) is 21.8 Å². The van der Waals surface area contributed by atoms with Crippen molar-refractivity contribution in [3.63, 3.8) is 0 Å². The average molecular weight is 500 g/mol. The Bertz CT molecular complexity index is 1240. The number of nitrogens with zero attached hydrogens (tertiary/aromatic N) is 5. The van der Waals surface area contributed by atoms with Crippen LogP contribution in [0.25, 0.3) is 21.7 Å². The van der Waals surface area contributed by atoms with Crippen molar-refractivity contribution in [3.8, 4) is 17.2 Å². The zero-order valence-corrected chi connectivity index (χ0v) is 20.4. The molecule has 0 radical (unpaired) electrons. The lowest BCUT2D eigenvalue weighted by molar-refractivity contribution is 0.0440. The summed E-state index contributed by atoms with van der Waals surface area (Å²) >= 11 is 7.61. The number of hydrogen-bond acceptors (Lipinski definition) is 9. The van der Waals surface area contributed by atoms with Crippen LogP contribution < -0.4 is 4.74 Å². The quantitative estimate of drug-likeness (QED) is 0.391. The molecule has 0 bridgehead atoms. The molecule has 178 valence electrons. The molecular weight excluding hydrogens is 474 g/mol. The fourth-order valence-electron chi connectivity index (χ4n) is 4.01. The highest BCUT2D eigenvalue weighted by Gasteiger charge is 2.21. The Morgan fingerprint density at radius 3 is 2.65 bits per heavy atom. The topological polar surface area (TPSA) is 87.8 Å². The van der Waals surface area contributed by atoms with Gasteiger partial charge in [-0.3, -0.25) is 9.80 Å². The molecule has 1 aliphatic heterocycles. The summed E-state index contributed by atoms with van der Waals surface area (Å²) in [5.41, 5.74) is 1.79. The van der Waals surface area contributed by atoms with Gasteiger partial charge in [-0.2, -0.15) is 4.98 Å². The minimum Gasteiger partial charge on any atom is -0.491 e. The number of aliphatic hydroxyl groups excluding tert-OH is 1. The lowest BCUT2D eigenvalue weighted by Gasteiger charge is -2.34. The van der Waals surface area contributed by atoms with Crippen molar-refractivity contribution >= 4 is 33.2 Å². The van der Waals surface area contributed by atoms with Gasteiger partial charge < -0.3 is 14.4 Å². The van der Waals surface area contributed by atoms with E-state index in [-0.39, 0.29) is 6.61 Å². The van der Waals surface area contributed by atoms with Gasteiger partial charge in [-0.15, -0.1) is 11.3 Å². The van der Waals surface area contributed by atoms with Gasteiger partial charge in [0.25, 0.3) is 5.89 Å². The molecule has 8 nitrogen and oxygen atoms in total. The number of aromatic nitrogens is 3. The monoisotopic (exact) mass is 499 g/mol. The van der Waals surface area contributed by atoms with Gasteiger partial charge in [-0.1, -0.05) is 16.8 Å². The maximum atomic E-state index is 10.5. The van der Waals surface area contributed by atoms with Gasteiger partial charge in [-0.05, 0) is 43.3 Å². The van der Waals surface area contributed by atoms with Crippen LogP contribution in [0, 0.1) is 6.92 Å². The summed E-state index contributed by atoms with van der Waals surface area (Å²) in [6.45, 7) is 6.94. The lowest BCUT2D eigenvalue weighted by Crippen LogP contribution is -2.48. The van der Waals surface area contributed by atoms with E-state index in [0.29, 0.717) is 29.8 Å². The van der Waals surface area contributed by atoms with E-state index in [2.05, 4.69) is 24.9 Å². The van der Waals surface area contributed by atoms with Crippen molar-refractivity contribution < 1.29 is 14.4 Å². The van der Waals surface area contributed by atoms with Crippen LogP contribution in [0.5, 0.6) is 5.75 Å². The number of benzene rings is 2. The molecule has 1 atom stereocenters. The van der Waals surface area contributed by atoms with E-state index in [1.165, 1.54) is 0 Å². The number of rotatable bonds is 8. The first-order valence-corrected chi connectivity index (χ1v) is 12.4. The Hall–Kier alpha value is -2.56. The zero-order chi connectivity index (χ0) is 23.5. The van der Waals surface area contributed by atoms with Crippen LogP contribution in [0.4, 0.5) is 0 Å². The largest absolute Gasteiger partial charge is 0.491 e. The molecule has 2 aromatic heterocycles.